The van der Waals surface area contributed by atoms with Crippen molar-refractivity contribution >= 4 is 11.8 Å². The summed E-state index contributed by atoms with van der Waals surface area (Å²) in [5.74, 6) is 0.185. The van der Waals surface area contributed by atoms with E-state index in [4.69, 9.17) is 0 Å². The number of carbonyl (C=O) groups excluding carboxylic acids is 2. The zero-order chi connectivity index (χ0) is 14.3. The van der Waals surface area contributed by atoms with Crippen LogP contribution in [0.2, 0.25) is 0 Å². The number of hydrogen-bond donors (Lipinski definition) is 4. The van der Waals surface area contributed by atoms with Crippen molar-refractivity contribution in [1.82, 2.24) is 21.3 Å². The van der Waals surface area contributed by atoms with Gasteiger partial charge in [0.1, 0.15) is 0 Å². The van der Waals surface area contributed by atoms with Gasteiger partial charge >= 0.3 is 0 Å². The predicted molar refractivity (Wildman–Crippen MR) is 77.0 cm³/mol. The van der Waals surface area contributed by atoms with Crippen LogP contribution in [-0.4, -0.2) is 51.1 Å². The SMILES string of the molecule is CCNC(=O)CCNCCCNCCC(=O)NCC. The first-order valence-corrected chi connectivity index (χ1v) is 7.15. The molecular formula is C13H28N4O2. The molecular weight excluding hydrogens is 244 g/mol. The second-order valence-corrected chi connectivity index (χ2v) is 4.26. The van der Waals surface area contributed by atoms with Crippen molar-refractivity contribution < 1.29 is 9.59 Å². The third-order valence-electron chi connectivity index (χ3n) is 2.51. The Morgan fingerprint density at radius 1 is 0.737 bits per heavy atom. The van der Waals surface area contributed by atoms with Gasteiger partial charge in [-0.2, -0.15) is 0 Å². The molecule has 19 heavy (non-hydrogen) atoms. The first kappa shape index (κ1) is 17.9. The summed E-state index contributed by atoms with van der Waals surface area (Å²) < 4.78 is 0. The average molecular weight is 272 g/mol. The molecule has 0 aliphatic carbocycles. The van der Waals surface area contributed by atoms with Gasteiger partial charge in [-0.3, -0.25) is 9.59 Å². The lowest BCUT2D eigenvalue weighted by Gasteiger charge is -2.06. The Hall–Kier alpha value is -1.14. The fourth-order valence-electron chi connectivity index (χ4n) is 1.56. The quantitative estimate of drug-likeness (QED) is 0.365. The minimum atomic E-state index is 0.0926. The van der Waals surface area contributed by atoms with Gasteiger partial charge in [-0.1, -0.05) is 0 Å². The lowest BCUT2D eigenvalue weighted by atomic mass is 10.3. The fraction of sp³-hybridized carbons (Fsp3) is 0.846. The maximum Gasteiger partial charge on any atom is 0.221 e. The summed E-state index contributed by atoms with van der Waals surface area (Å²) >= 11 is 0. The van der Waals surface area contributed by atoms with Gasteiger partial charge in [0.15, 0.2) is 0 Å². The Morgan fingerprint density at radius 3 is 1.53 bits per heavy atom. The molecule has 0 bridgehead atoms. The summed E-state index contributed by atoms with van der Waals surface area (Å²) in [6.45, 7) is 8.40. The van der Waals surface area contributed by atoms with E-state index in [1.807, 2.05) is 13.8 Å². The summed E-state index contributed by atoms with van der Waals surface area (Å²) in [4.78, 5) is 22.3. The smallest absolute Gasteiger partial charge is 0.221 e. The van der Waals surface area contributed by atoms with E-state index in [0.717, 1.165) is 19.5 Å². The predicted octanol–water partition coefficient (Wildman–Crippen LogP) is -0.392. The molecule has 112 valence electrons. The van der Waals surface area contributed by atoms with Crippen molar-refractivity contribution in [3.63, 3.8) is 0 Å². The molecule has 0 radical (unpaired) electrons. The first-order valence-electron chi connectivity index (χ1n) is 7.15. The van der Waals surface area contributed by atoms with Gasteiger partial charge in [0, 0.05) is 39.0 Å². The van der Waals surface area contributed by atoms with E-state index in [1.54, 1.807) is 0 Å². The molecule has 0 rings (SSSR count). The summed E-state index contributed by atoms with van der Waals surface area (Å²) in [5, 5.41) is 11.9. The third kappa shape index (κ3) is 13.1. The molecule has 2 amide bonds. The van der Waals surface area contributed by atoms with Crippen LogP contribution in [0.15, 0.2) is 0 Å². The highest BCUT2D eigenvalue weighted by Crippen LogP contribution is 1.80. The van der Waals surface area contributed by atoms with Gasteiger partial charge in [-0.25, -0.2) is 0 Å². The molecule has 0 atom stereocenters. The van der Waals surface area contributed by atoms with E-state index < -0.39 is 0 Å². The van der Waals surface area contributed by atoms with Crippen molar-refractivity contribution in [3.8, 4) is 0 Å². The van der Waals surface area contributed by atoms with Gasteiger partial charge in [0.05, 0.1) is 0 Å². The first-order chi connectivity index (χ1) is 9.20. The molecule has 6 nitrogen and oxygen atoms in total. The van der Waals surface area contributed by atoms with Crippen molar-refractivity contribution in [2.24, 2.45) is 0 Å². The van der Waals surface area contributed by atoms with E-state index in [1.165, 1.54) is 0 Å². The Morgan fingerprint density at radius 2 is 1.16 bits per heavy atom. The van der Waals surface area contributed by atoms with E-state index in [9.17, 15) is 9.59 Å². The number of hydrogen-bond acceptors (Lipinski definition) is 4. The molecule has 0 aliphatic rings. The van der Waals surface area contributed by atoms with Crippen LogP contribution in [0.5, 0.6) is 0 Å². The number of nitrogens with one attached hydrogen (secondary N) is 4. The Balaban J connectivity index is 3.15. The third-order valence-corrected chi connectivity index (χ3v) is 2.51. The molecule has 4 N–H and O–H groups in total. The molecule has 0 aromatic heterocycles. The van der Waals surface area contributed by atoms with Crippen LogP contribution in [0, 0.1) is 0 Å². The van der Waals surface area contributed by atoms with Crippen LogP contribution in [0.25, 0.3) is 0 Å². The van der Waals surface area contributed by atoms with Gasteiger partial charge in [0.2, 0.25) is 11.8 Å². The minimum Gasteiger partial charge on any atom is -0.356 e. The number of carbonyl (C=O) groups is 2. The highest BCUT2D eigenvalue weighted by atomic mass is 16.2. The summed E-state index contributed by atoms with van der Waals surface area (Å²) in [7, 11) is 0. The molecule has 0 saturated carbocycles. The summed E-state index contributed by atoms with van der Waals surface area (Å²) in [6.07, 6.45) is 2.04. The van der Waals surface area contributed by atoms with E-state index in [-0.39, 0.29) is 11.8 Å². The molecule has 0 heterocycles. The molecule has 0 aromatic rings. The average Bonchev–Trinajstić information content (AvgIpc) is 2.37. The molecule has 0 spiro atoms. The summed E-state index contributed by atoms with van der Waals surface area (Å²) in [5.41, 5.74) is 0. The van der Waals surface area contributed by atoms with Crippen LogP contribution in [0.3, 0.4) is 0 Å². The molecule has 0 aliphatic heterocycles. The van der Waals surface area contributed by atoms with Gasteiger partial charge in [0.25, 0.3) is 0 Å². The van der Waals surface area contributed by atoms with Gasteiger partial charge < -0.3 is 21.3 Å². The molecule has 0 aromatic carbocycles. The Kier molecular flexibility index (Phi) is 12.5. The molecule has 0 saturated heterocycles. The number of rotatable bonds is 12. The van der Waals surface area contributed by atoms with Gasteiger partial charge in [-0.05, 0) is 33.4 Å². The van der Waals surface area contributed by atoms with Crippen molar-refractivity contribution in [2.45, 2.75) is 33.1 Å². The minimum absolute atomic E-state index is 0.0926. The lowest BCUT2D eigenvalue weighted by molar-refractivity contribution is -0.121. The molecule has 0 unspecified atom stereocenters. The molecule has 6 heteroatoms. The van der Waals surface area contributed by atoms with Crippen LogP contribution in [0.4, 0.5) is 0 Å². The van der Waals surface area contributed by atoms with E-state index in [2.05, 4.69) is 21.3 Å². The zero-order valence-electron chi connectivity index (χ0n) is 12.2. The largest absolute Gasteiger partial charge is 0.356 e. The maximum atomic E-state index is 11.1. The molecule has 0 fully saturated rings. The highest BCUT2D eigenvalue weighted by Gasteiger charge is 1.99. The number of amides is 2. The van der Waals surface area contributed by atoms with E-state index in [0.29, 0.717) is 39.0 Å². The fourth-order valence-corrected chi connectivity index (χ4v) is 1.56. The standard InChI is InChI=1S/C13H28N4O2/c1-3-16-12(18)6-10-14-8-5-9-15-11-7-13(19)17-4-2/h14-15H,3-11H2,1-2H3,(H,16,18)(H,17,19). The van der Waals surface area contributed by atoms with Crippen molar-refractivity contribution in [3.05, 3.63) is 0 Å². The van der Waals surface area contributed by atoms with Crippen LogP contribution >= 0.6 is 0 Å². The maximum absolute atomic E-state index is 11.1. The lowest BCUT2D eigenvalue weighted by Crippen LogP contribution is -2.30. The van der Waals surface area contributed by atoms with Crippen molar-refractivity contribution in [2.75, 3.05) is 39.3 Å². The van der Waals surface area contributed by atoms with E-state index >= 15 is 0 Å². The van der Waals surface area contributed by atoms with Gasteiger partial charge in [-0.15, -0.1) is 0 Å². The Labute approximate surface area is 116 Å². The second kappa shape index (κ2) is 13.3. The van der Waals surface area contributed by atoms with Crippen LogP contribution in [-0.2, 0) is 9.59 Å². The Bertz CT molecular complexity index is 223. The van der Waals surface area contributed by atoms with Crippen molar-refractivity contribution in [1.29, 1.82) is 0 Å². The highest BCUT2D eigenvalue weighted by molar-refractivity contribution is 5.76. The monoisotopic (exact) mass is 272 g/mol. The van der Waals surface area contributed by atoms with Crippen LogP contribution in [0.1, 0.15) is 33.1 Å². The van der Waals surface area contributed by atoms with Crippen LogP contribution < -0.4 is 21.3 Å². The second-order valence-electron chi connectivity index (χ2n) is 4.26. The summed E-state index contributed by atoms with van der Waals surface area (Å²) in [6, 6.07) is 0. The zero-order valence-corrected chi connectivity index (χ0v) is 12.2. The topological polar surface area (TPSA) is 82.3 Å². The normalized spacial score (nSPS) is 10.2.